The highest BCUT2D eigenvalue weighted by Crippen LogP contribution is 2.06. The molecule has 0 saturated carbocycles. The number of nitrogens with zero attached hydrogens (tertiary/aromatic N) is 5. The molecule has 0 unspecified atom stereocenters. The topological polar surface area (TPSA) is 108 Å². The first kappa shape index (κ1) is 15.5. The Kier molecular flexibility index (Phi) is 4.44. The number of ketones is 1. The maximum Gasteiger partial charge on any atom is 0.360 e. The maximum atomic E-state index is 11.9. The lowest BCUT2D eigenvalue weighted by Crippen LogP contribution is -2.27. The summed E-state index contributed by atoms with van der Waals surface area (Å²) in [7, 11) is 1.44. The van der Waals surface area contributed by atoms with E-state index in [0.29, 0.717) is 12.0 Å². The number of esters is 1. The van der Waals surface area contributed by atoms with Gasteiger partial charge >= 0.3 is 11.7 Å². The smallest absolute Gasteiger partial charge is 0.360 e. The molecule has 2 rings (SSSR count). The fourth-order valence-corrected chi connectivity index (χ4v) is 1.70. The second-order valence-electron chi connectivity index (χ2n) is 4.73. The van der Waals surface area contributed by atoms with E-state index < -0.39 is 11.7 Å². The number of imidazole rings is 1. The molecule has 9 heteroatoms. The quantitative estimate of drug-likeness (QED) is 0.416. The Balaban J connectivity index is 2.02. The van der Waals surface area contributed by atoms with E-state index in [9.17, 15) is 14.4 Å². The third-order valence-corrected chi connectivity index (χ3v) is 2.95. The second-order valence-corrected chi connectivity index (χ2v) is 4.73. The van der Waals surface area contributed by atoms with Crippen molar-refractivity contribution in [2.24, 2.45) is 7.05 Å². The number of rotatable bonds is 6. The van der Waals surface area contributed by atoms with Crippen molar-refractivity contribution >= 4 is 17.4 Å². The highest BCUT2D eigenvalue weighted by atomic mass is 16.5. The lowest BCUT2D eigenvalue weighted by molar-refractivity contribution is -0.115. The summed E-state index contributed by atoms with van der Waals surface area (Å²) < 4.78 is 7.15. The van der Waals surface area contributed by atoms with E-state index in [1.54, 1.807) is 6.92 Å². The van der Waals surface area contributed by atoms with Crippen LogP contribution in [0, 0.1) is 0 Å². The number of carbonyl (C=O) groups excluding carboxylic acids is 2. The minimum Gasteiger partial charge on any atom is -0.461 e. The largest absolute Gasteiger partial charge is 0.461 e. The third-order valence-electron chi connectivity index (χ3n) is 2.95. The van der Waals surface area contributed by atoms with Crippen LogP contribution in [0.4, 0.5) is 0 Å². The summed E-state index contributed by atoms with van der Waals surface area (Å²) in [5.41, 5.74) is -0.0521. The first-order chi connectivity index (χ1) is 10.4. The van der Waals surface area contributed by atoms with Crippen LogP contribution >= 0.6 is 0 Å². The molecular formula is C13H15N5O4. The van der Waals surface area contributed by atoms with E-state index in [1.807, 2.05) is 0 Å². The standard InChI is InChI=1S/C13H15N5O4/c1-8(2)9(19)5-4-6-22-12(20)10-11-15-16-17(3)13(21)18(11)7-14-10/h7H,1,4-6H2,2-3H3. The van der Waals surface area contributed by atoms with Gasteiger partial charge < -0.3 is 4.74 Å². The van der Waals surface area contributed by atoms with Gasteiger partial charge in [0.1, 0.15) is 6.33 Å². The van der Waals surface area contributed by atoms with Gasteiger partial charge in [0.25, 0.3) is 0 Å². The molecule has 22 heavy (non-hydrogen) atoms. The zero-order chi connectivity index (χ0) is 16.3. The number of Topliss-reactive ketones (excluding diaryl/α,β-unsaturated/α-hetero) is 1. The van der Waals surface area contributed by atoms with E-state index in [-0.39, 0.29) is 30.2 Å². The van der Waals surface area contributed by atoms with Crippen molar-refractivity contribution in [3.8, 4) is 0 Å². The van der Waals surface area contributed by atoms with Crippen molar-refractivity contribution in [1.29, 1.82) is 0 Å². The first-order valence-corrected chi connectivity index (χ1v) is 6.54. The zero-order valence-corrected chi connectivity index (χ0v) is 12.3. The van der Waals surface area contributed by atoms with Gasteiger partial charge in [-0.25, -0.2) is 19.0 Å². The summed E-state index contributed by atoms with van der Waals surface area (Å²) in [5, 5.41) is 7.34. The van der Waals surface area contributed by atoms with E-state index in [0.717, 1.165) is 9.08 Å². The van der Waals surface area contributed by atoms with Crippen molar-refractivity contribution < 1.29 is 14.3 Å². The molecule has 2 aromatic rings. The normalized spacial score (nSPS) is 10.6. The number of aryl methyl sites for hydroxylation is 1. The zero-order valence-electron chi connectivity index (χ0n) is 12.3. The van der Waals surface area contributed by atoms with Gasteiger partial charge in [-0.15, -0.1) is 5.10 Å². The number of allylic oxidation sites excluding steroid dienone is 1. The van der Waals surface area contributed by atoms with Crippen molar-refractivity contribution in [2.75, 3.05) is 6.61 Å². The molecule has 0 amide bonds. The number of hydrogen-bond acceptors (Lipinski definition) is 7. The molecule has 0 atom stereocenters. The van der Waals surface area contributed by atoms with Gasteiger partial charge in [-0.2, -0.15) is 4.68 Å². The Morgan fingerprint density at radius 1 is 1.41 bits per heavy atom. The van der Waals surface area contributed by atoms with Gasteiger partial charge in [0, 0.05) is 13.5 Å². The Labute approximate surface area is 125 Å². The van der Waals surface area contributed by atoms with Gasteiger partial charge in [0.05, 0.1) is 6.61 Å². The summed E-state index contributed by atoms with van der Waals surface area (Å²) >= 11 is 0. The van der Waals surface area contributed by atoms with Gasteiger partial charge in [-0.05, 0) is 18.9 Å². The lowest BCUT2D eigenvalue weighted by Gasteiger charge is -2.03. The van der Waals surface area contributed by atoms with Crippen molar-refractivity contribution in [2.45, 2.75) is 19.8 Å². The van der Waals surface area contributed by atoms with Crippen LogP contribution in [-0.2, 0) is 16.6 Å². The highest BCUT2D eigenvalue weighted by molar-refractivity contribution is 5.94. The molecule has 0 spiro atoms. The minimum absolute atomic E-state index is 0.0334. The van der Waals surface area contributed by atoms with Crippen LogP contribution in [0.1, 0.15) is 30.3 Å². The fraction of sp³-hybridized carbons (Fsp3) is 0.385. The molecule has 2 aromatic heterocycles. The maximum absolute atomic E-state index is 11.9. The predicted molar refractivity (Wildman–Crippen MR) is 75.4 cm³/mol. The van der Waals surface area contributed by atoms with Crippen LogP contribution < -0.4 is 5.69 Å². The highest BCUT2D eigenvalue weighted by Gasteiger charge is 2.18. The Bertz CT molecular complexity index is 804. The molecular weight excluding hydrogens is 290 g/mol. The van der Waals surface area contributed by atoms with Crippen LogP contribution in [0.25, 0.3) is 5.65 Å². The van der Waals surface area contributed by atoms with Crippen molar-refractivity contribution in [3.63, 3.8) is 0 Å². The molecule has 2 heterocycles. The Morgan fingerprint density at radius 3 is 2.82 bits per heavy atom. The molecule has 0 bridgehead atoms. The van der Waals surface area contributed by atoms with E-state index in [2.05, 4.69) is 21.9 Å². The predicted octanol–water partition coefficient (Wildman–Crippen LogP) is -0.0948. The van der Waals surface area contributed by atoms with E-state index in [1.165, 1.54) is 13.4 Å². The molecule has 0 fully saturated rings. The summed E-state index contributed by atoms with van der Waals surface area (Å²) in [6.07, 6.45) is 1.83. The number of aromatic nitrogens is 5. The minimum atomic E-state index is -0.715. The lowest BCUT2D eigenvalue weighted by atomic mass is 10.1. The number of fused-ring (bicyclic) bond motifs is 1. The number of hydrogen-bond donors (Lipinski definition) is 0. The molecule has 0 aliphatic carbocycles. The summed E-state index contributed by atoms with van der Waals surface area (Å²) in [6.45, 7) is 5.24. The van der Waals surface area contributed by atoms with E-state index in [4.69, 9.17) is 4.74 Å². The van der Waals surface area contributed by atoms with Crippen LogP contribution in [-0.4, -0.2) is 42.7 Å². The average Bonchev–Trinajstić information content (AvgIpc) is 2.91. The molecule has 116 valence electrons. The Morgan fingerprint density at radius 2 is 2.14 bits per heavy atom. The van der Waals surface area contributed by atoms with Gasteiger partial charge in [-0.3, -0.25) is 4.79 Å². The number of ether oxygens (including phenoxy) is 1. The molecule has 0 aliphatic heterocycles. The third kappa shape index (κ3) is 3.08. The SMILES string of the molecule is C=C(C)C(=O)CCCOC(=O)c1ncn2c(=O)n(C)nnc12. The van der Waals surface area contributed by atoms with Gasteiger partial charge in [0.2, 0.25) is 0 Å². The van der Waals surface area contributed by atoms with Crippen LogP contribution in [0.5, 0.6) is 0 Å². The molecule has 0 aliphatic rings. The molecule has 0 aromatic carbocycles. The van der Waals surface area contributed by atoms with Crippen molar-refractivity contribution in [1.82, 2.24) is 24.4 Å². The van der Waals surface area contributed by atoms with E-state index >= 15 is 0 Å². The molecule has 0 radical (unpaired) electrons. The monoisotopic (exact) mass is 305 g/mol. The van der Waals surface area contributed by atoms with Gasteiger partial charge in [-0.1, -0.05) is 11.8 Å². The van der Waals surface area contributed by atoms with Crippen molar-refractivity contribution in [3.05, 3.63) is 34.7 Å². The van der Waals surface area contributed by atoms with Crippen LogP contribution in [0.15, 0.2) is 23.3 Å². The molecule has 9 nitrogen and oxygen atoms in total. The van der Waals surface area contributed by atoms with Crippen LogP contribution in [0.2, 0.25) is 0 Å². The molecule has 0 N–H and O–H groups in total. The Hall–Kier alpha value is -2.84. The summed E-state index contributed by atoms with van der Waals surface area (Å²) in [5.74, 6) is -0.786. The van der Waals surface area contributed by atoms with Crippen LogP contribution in [0.3, 0.4) is 0 Å². The first-order valence-electron chi connectivity index (χ1n) is 6.54. The fourth-order valence-electron chi connectivity index (χ4n) is 1.70. The second kappa shape index (κ2) is 6.29. The van der Waals surface area contributed by atoms with Gasteiger partial charge in [0.15, 0.2) is 17.1 Å². The summed E-state index contributed by atoms with van der Waals surface area (Å²) in [4.78, 5) is 38.8. The molecule has 0 saturated heterocycles. The summed E-state index contributed by atoms with van der Waals surface area (Å²) in [6, 6.07) is 0. The number of carbonyl (C=O) groups is 2. The average molecular weight is 305 g/mol.